The van der Waals surface area contributed by atoms with Gasteiger partial charge >= 0.3 is 0 Å². The summed E-state index contributed by atoms with van der Waals surface area (Å²) in [7, 11) is 0. The first-order chi connectivity index (χ1) is 7.73. The first-order valence-corrected chi connectivity index (χ1v) is 6.23. The predicted molar refractivity (Wildman–Crippen MR) is 63.4 cm³/mol. The van der Waals surface area contributed by atoms with Crippen molar-refractivity contribution in [1.29, 1.82) is 0 Å². The van der Waals surface area contributed by atoms with E-state index < -0.39 is 11.6 Å². The van der Waals surface area contributed by atoms with Gasteiger partial charge in [-0.05, 0) is 46.5 Å². The van der Waals surface area contributed by atoms with Crippen LogP contribution in [0.4, 0.5) is 4.79 Å². The van der Waals surface area contributed by atoms with Crippen LogP contribution in [0.15, 0.2) is 0 Å². The molecule has 0 heterocycles. The highest BCUT2D eigenvalue weighted by atomic mass is 16.4. The molecule has 0 spiro atoms. The molecule has 1 aliphatic rings. The van der Waals surface area contributed by atoms with Crippen LogP contribution in [0.1, 0.15) is 53.4 Å². The topological polar surface area (TPSA) is 60.4 Å². The molecule has 1 amide bonds. The van der Waals surface area contributed by atoms with Crippen LogP contribution < -0.4 is 5.11 Å². The standard InChI is InChI=1S/C13H23NO3/c1-9(15)8-10-6-5-7-11(10)14(12(16)17)13(2,3)4/h10-11H,5-8H2,1-4H3,(H,16,17)/p-1/t10-,11-/m1/s1. The molecule has 4 nitrogen and oxygen atoms in total. The zero-order valence-electron chi connectivity index (χ0n) is 11.2. The van der Waals surface area contributed by atoms with E-state index in [9.17, 15) is 14.7 Å². The largest absolute Gasteiger partial charge is 0.530 e. The highest BCUT2D eigenvalue weighted by molar-refractivity contribution is 5.76. The van der Waals surface area contributed by atoms with Crippen LogP contribution in [0.25, 0.3) is 0 Å². The number of carbonyl (C=O) groups is 2. The van der Waals surface area contributed by atoms with E-state index >= 15 is 0 Å². The zero-order chi connectivity index (χ0) is 13.2. The molecular weight excluding hydrogens is 218 g/mol. The zero-order valence-corrected chi connectivity index (χ0v) is 11.2. The minimum absolute atomic E-state index is 0.0658. The van der Waals surface area contributed by atoms with Gasteiger partial charge in [0.2, 0.25) is 0 Å². The van der Waals surface area contributed by atoms with Crippen molar-refractivity contribution in [3.63, 3.8) is 0 Å². The lowest BCUT2D eigenvalue weighted by Gasteiger charge is -2.44. The van der Waals surface area contributed by atoms with E-state index in [2.05, 4.69) is 0 Å². The van der Waals surface area contributed by atoms with Gasteiger partial charge in [0.15, 0.2) is 0 Å². The number of Topliss-reactive ketones (excluding diaryl/α,β-unsaturated/α-hetero) is 1. The molecule has 0 aromatic carbocycles. The number of rotatable bonds is 3. The molecule has 17 heavy (non-hydrogen) atoms. The second-order valence-electron chi connectivity index (χ2n) is 5.97. The van der Waals surface area contributed by atoms with Gasteiger partial charge in [-0.3, -0.25) is 0 Å². The van der Waals surface area contributed by atoms with Crippen molar-refractivity contribution in [1.82, 2.24) is 4.90 Å². The number of amides is 1. The number of ketones is 1. The SMILES string of the molecule is CC(=O)C[C@H]1CCC[C@H]1N(C(=O)[O-])C(C)(C)C. The second kappa shape index (κ2) is 5.07. The Morgan fingerprint density at radius 3 is 2.29 bits per heavy atom. The number of carboxylic acid groups (broad SMARTS) is 1. The van der Waals surface area contributed by atoms with E-state index in [1.165, 1.54) is 4.90 Å². The van der Waals surface area contributed by atoms with Gasteiger partial charge in [-0.1, -0.05) is 6.42 Å². The number of hydrogen-bond donors (Lipinski definition) is 0. The highest BCUT2D eigenvalue weighted by Crippen LogP contribution is 2.35. The van der Waals surface area contributed by atoms with Gasteiger partial charge in [-0.2, -0.15) is 0 Å². The molecule has 0 unspecified atom stereocenters. The fourth-order valence-electron chi connectivity index (χ4n) is 2.87. The normalized spacial score (nSPS) is 24.7. The molecule has 2 atom stereocenters. The first kappa shape index (κ1) is 14.0. The fourth-order valence-corrected chi connectivity index (χ4v) is 2.87. The quantitative estimate of drug-likeness (QED) is 0.752. The Balaban J connectivity index is 2.86. The molecule has 0 bridgehead atoms. The summed E-state index contributed by atoms with van der Waals surface area (Å²) >= 11 is 0. The van der Waals surface area contributed by atoms with E-state index in [0.717, 1.165) is 19.3 Å². The third-order valence-corrected chi connectivity index (χ3v) is 3.42. The minimum atomic E-state index is -1.13. The van der Waals surface area contributed by atoms with Gasteiger partial charge in [0.25, 0.3) is 0 Å². The molecule has 1 saturated carbocycles. The van der Waals surface area contributed by atoms with Crippen LogP contribution in [0, 0.1) is 5.92 Å². The third-order valence-electron chi connectivity index (χ3n) is 3.42. The minimum Gasteiger partial charge on any atom is -0.530 e. The summed E-state index contributed by atoms with van der Waals surface area (Å²) in [6, 6.07) is -0.0658. The molecule has 0 saturated heterocycles. The van der Waals surface area contributed by atoms with Crippen molar-refractivity contribution >= 4 is 11.9 Å². The predicted octanol–water partition coefficient (Wildman–Crippen LogP) is 1.58. The molecule has 0 aromatic rings. The van der Waals surface area contributed by atoms with Crippen molar-refractivity contribution in [3.8, 4) is 0 Å². The number of nitrogens with zero attached hydrogens (tertiary/aromatic N) is 1. The van der Waals surface area contributed by atoms with Crippen molar-refractivity contribution in [3.05, 3.63) is 0 Å². The van der Waals surface area contributed by atoms with Crippen LogP contribution in [-0.2, 0) is 4.79 Å². The Hall–Kier alpha value is -1.06. The molecular formula is C13H22NO3-. The van der Waals surface area contributed by atoms with Crippen molar-refractivity contribution in [2.75, 3.05) is 0 Å². The van der Waals surface area contributed by atoms with Gasteiger partial charge in [-0.15, -0.1) is 0 Å². The van der Waals surface area contributed by atoms with Crippen molar-refractivity contribution in [2.45, 2.75) is 65.0 Å². The molecule has 1 fully saturated rings. The lowest BCUT2D eigenvalue weighted by molar-refractivity contribution is -0.274. The summed E-state index contributed by atoms with van der Waals surface area (Å²) in [6.45, 7) is 7.17. The summed E-state index contributed by atoms with van der Waals surface area (Å²) < 4.78 is 0. The Labute approximate surface area is 103 Å². The van der Waals surface area contributed by atoms with E-state index in [0.29, 0.717) is 6.42 Å². The van der Waals surface area contributed by atoms with E-state index in [1.807, 2.05) is 20.8 Å². The number of carbonyl (C=O) groups excluding carboxylic acids is 2. The molecule has 98 valence electrons. The molecule has 0 radical (unpaired) electrons. The monoisotopic (exact) mass is 240 g/mol. The molecule has 0 aliphatic heterocycles. The van der Waals surface area contributed by atoms with Crippen molar-refractivity contribution < 1.29 is 14.7 Å². The maximum absolute atomic E-state index is 11.3. The second-order valence-corrected chi connectivity index (χ2v) is 5.97. The molecule has 0 N–H and O–H groups in total. The summed E-state index contributed by atoms with van der Waals surface area (Å²) in [5.74, 6) is 0.290. The first-order valence-electron chi connectivity index (χ1n) is 6.23. The van der Waals surface area contributed by atoms with Gasteiger partial charge in [-0.25, -0.2) is 0 Å². The van der Waals surface area contributed by atoms with E-state index in [1.54, 1.807) is 6.92 Å². The third kappa shape index (κ3) is 3.45. The molecule has 0 aromatic heterocycles. The molecule has 1 aliphatic carbocycles. The van der Waals surface area contributed by atoms with Crippen LogP contribution in [0.2, 0.25) is 0 Å². The van der Waals surface area contributed by atoms with Crippen LogP contribution in [0.3, 0.4) is 0 Å². The van der Waals surface area contributed by atoms with Gasteiger partial charge in [0.05, 0.1) is 0 Å². The summed E-state index contributed by atoms with van der Waals surface area (Å²) in [4.78, 5) is 23.9. The smallest absolute Gasteiger partial charge is 0.137 e. The lowest BCUT2D eigenvalue weighted by Crippen LogP contribution is -2.57. The van der Waals surface area contributed by atoms with Crippen molar-refractivity contribution in [2.24, 2.45) is 5.92 Å². The van der Waals surface area contributed by atoms with Gasteiger partial charge < -0.3 is 19.6 Å². The summed E-state index contributed by atoms with van der Waals surface area (Å²) in [6.07, 6.45) is 2.11. The van der Waals surface area contributed by atoms with E-state index in [4.69, 9.17) is 0 Å². The Bertz CT molecular complexity index is 306. The average molecular weight is 240 g/mol. The maximum Gasteiger partial charge on any atom is 0.137 e. The van der Waals surface area contributed by atoms with E-state index in [-0.39, 0.29) is 17.7 Å². The van der Waals surface area contributed by atoms with Gasteiger partial charge in [0, 0.05) is 18.0 Å². The summed E-state index contributed by atoms with van der Waals surface area (Å²) in [5.41, 5.74) is -0.469. The van der Waals surface area contributed by atoms with Crippen LogP contribution >= 0.6 is 0 Å². The number of hydrogen-bond acceptors (Lipinski definition) is 3. The highest BCUT2D eigenvalue weighted by Gasteiger charge is 2.37. The molecule has 4 heteroatoms. The van der Waals surface area contributed by atoms with Crippen LogP contribution in [0.5, 0.6) is 0 Å². The van der Waals surface area contributed by atoms with Crippen LogP contribution in [-0.4, -0.2) is 28.4 Å². The van der Waals surface area contributed by atoms with Gasteiger partial charge in [0.1, 0.15) is 11.9 Å². The fraction of sp³-hybridized carbons (Fsp3) is 0.846. The Kier molecular flexibility index (Phi) is 4.17. The average Bonchev–Trinajstić information content (AvgIpc) is 2.48. The Morgan fingerprint density at radius 1 is 1.29 bits per heavy atom. The lowest BCUT2D eigenvalue weighted by atomic mass is 9.93. The maximum atomic E-state index is 11.3. The molecule has 1 rings (SSSR count). The summed E-state index contributed by atoms with van der Waals surface area (Å²) in [5, 5.41) is 11.3. The Morgan fingerprint density at radius 2 is 1.88 bits per heavy atom.